The summed E-state index contributed by atoms with van der Waals surface area (Å²) in [4.78, 5) is 12.6. The Bertz CT molecular complexity index is 641. The van der Waals surface area contributed by atoms with Crippen molar-refractivity contribution in [3.8, 4) is 0 Å². The van der Waals surface area contributed by atoms with Crippen molar-refractivity contribution in [2.45, 2.75) is 11.1 Å². The van der Waals surface area contributed by atoms with Crippen LogP contribution >= 0.6 is 23.4 Å². The highest BCUT2D eigenvalue weighted by Crippen LogP contribution is 2.29. The lowest BCUT2D eigenvalue weighted by molar-refractivity contribution is -0.137. The fourth-order valence-corrected chi connectivity index (χ4v) is 2.44. The minimum absolute atomic E-state index is 0.155. The van der Waals surface area contributed by atoms with Crippen LogP contribution in [-0.2, 0) is 11.0 Å². The first-order chi connectivity index (χ1) is 10.3. The van der Waals surface area contributed by atoms with Gasteiger partial charge in [0.05, 0.1) is 11.3 Å². The van der Waals surface area contributed by atoms with E-state index in [0.717, 1.165) is 17.0 Å². The van der Waals surface area contributed by atoms with Crippen molar-refractivity contribution >= 4 is 35.0 Å². The lowest BCUT2D eigenvalue weighted by Gasteiger charge is -2.08. The maximum Gasteiger partial charge on any atom is 0.416 e. The SMILES string of the molecule is O=C(CSc1ccc(Cl)cc1)Nc1ccc(C(F)(F)F)cc1. The Balaban J connectivity index is 1.88. The Kier molecular flexibility index (Phi) is 5.37. The van der Waals surface area contributed by atoms with Gasteiger partial charge in [-0.3, -0.25) is 4.79 Å². The third-order valence-corrected chi connectivity index (χ3v) is 3.94. The van der Waals surface area contributed by atoms with Crippen LogP contribution < -0.4 is 5.32 Å². The van der Waals surface area contributed by atoms with Gasteiger partial charge in [-0.05, 0) is 48.5 Å². The average molecular weight is 346 g/mol. The summed E-state index contributed by atoms with van der Waals surface area (Å²) >= 11 is 7.07. The van der Waals surface area contributed by atoms with E-state index in [9.17, 15) is 18.0 Å². The van der Waals surface area contributed by atoms with E-state index >= 15 is 0 Å². The van der Waals surface area contributed by atoms with Crippen molar-refractivity contribution in [1.82, 2.24) is 0 Å². The van der Waals surface area contributed by atoms with Crippen LogP contribution in [0.1, 0.15) is 5.56 Å². The Morgan fingerprint density at radius 2 is 1.64 bits per heavy atom. The van der Waals surface area contributed by atoms with Crippen LogP contribution in [0.4, 0.5) is 18.9 Å². The summed E-state index contributed by atoms with van der Waals surface area (Å²) in [5, 5.41) is 3.16. The van der Waals surface area contributed by atoms with Crippen LogP contribution in [0.15, 0.2) is 53.4 Å². The highest BCUT2D eigenvalue weighted by atomic mass is 35.5. The van der Waals surface area contributed by atoms with Crippen molar-refractivity contribution in [2.24, 2.45) is 0 Å². The molecule has 0 aromatic heterocycles. The zero-order valence-electron chi connectivity index (χ0n) is 11.2. The largest absolute Gasteiger partial charge is 0.416 e. The number of thioether (sulfide) groups is 1. The number of nitrogens with one attached hydrogen (secondary N) is 1. The maximum absolute atomic E-state index is 12.4. The summed E-state index contributed by atoms with van der Waals surface area (Å²) in [6.45, 7) is 0. The van der Waals surface area contributed by atoms with Crippen LogP contribution in [0.3, 0.4) is 0 Å². The van der Waals surface area contributed by atoms with Gasteiger partial charge < -0.3 is 5.32 Å². The maximum atomic E-state index is 12.4. The molecule has 0 bridgehead atoms. The standard InChI is InChI=1S/C15H11ClF3NOS/c16-11-3-7-13(8-4-11)22-9-14(21)20-12-5-1-10(2-6-12)15(17,18)19/h1-8H,9H2,(H,20,21). The first-order valence-electron chi connectivity index (χ1n) is 6.20. The monoisotopic (exact) mass is 345 g/mol. The van der Waals surface area contributed by atoms with Crippen molar-refractivity contribution in [1.29, 1.82) is 0 Å². The van der Waals surface area contributed by atoms with Crippen molar-refractivity contribution < 1.29 is 18.0 Å². The van der Waals surface area contributed by atoms with Gasteiger partial charge in [0.1, 0.15) is 0 Å². The number of hydrogen-bond donors (Lipinski definition) is 1. The summed E-state index contributed by atoms with van der Waals surface area (Å²) in [7, 11) is 0. The number of hydrogen-bond acceptors (Lipinski definition) is 2. The van der Waals surface area contributed by atoms with Crippen molar-refractivity contribution in [2.75, 3.05) is 11.1 Å². The topological polar surface area (TPSA) is 29.1 Å². The van der Waals surface area contributed by atoms with Crippen LogP contribution in [0.25, 0.3) is 0 Å². The number of amides is 1. The lowest BCUT2D eigenvalue weighted by Crippen LogP contribution is -2.14. The van der Waals surface area contributed by atoms with Gasteiger partial charge >= 0.3 is 6.18 Å². The molecule has 0 saturated heterocycles. The van der Waals surface area contributed by atoms with E-state index in [4.69, 9.17) is 11.6 Å². The summed E-state index contributed by atoms with van der Waals surface area (Å²) < 4.78 is 37.3. The molecule has 0 radical (unpaired) electrons. The molecule has 2 aromatic carbocycles. The van der Waals surface area contributed by atoms with E-state index in [1.807, 2.05) is 0 Å². The number of halogens is 4. The molecule has 116 valence electrons. The molecule has 0 aliphatic carbocycles. The third-order valence-electron chi connectivity index (χ3n) is 2.68. The first kappa shape index (κ1) is 16.7. The van der Waals surface area contributed by atoms with Crippen LogP contribution in [0, 0.1) is 0 Å². The van der Waals surface area contributed by atoms with Gasteiger partial charge in [0.15, 0.2) is 0 Å². The van der Waals surface area contributed by atoms with E-state index in [2.05, 4.69) is 5.32 Å². The fraction of sp³-hybridized carbons (Fsp3) is 0.133. The van der Waals surface area contributed by atoms with Gasteiger partial charge in [0.2, 0.25) is 5.91 Å². The highest BCUT2D eigenvalue weighted by Gasteiger charge is 2.29. The quantitative estimate of drug-likeness (QED) is 0.782. The molecule has 0 aliphatic heterocycles. The van der Waals surface area contributed by atoms with E-state index in [1.165, 1.54) is 23.9 Å². The number of carbonyl (C=O) groups excluding carboxylic acids is 1. The molecule has 0 spiro atoms. The number of anilines is 1. The van der Waals surface area contributed by atoms with Crippen molar-refractivity contribution in [3.63, 3.8) is 0 Å². The normalized spacial score (nSPS) is 11.3. The molecule has 0 fully saturated rings. The molecule has 2 aromatic rings. The Morgan fingerprint density at radius 3 is 2.18 bits per heavy atom. The van der Waals surface area contributed by atoms with Gasteiger partial charge in [-0.2, -0.15) is 13.2 Å². The molecular formula is C15H11ClF3NOS. The van der Waals surface area contributed by atoms with Gasteiger partial charge in [0.25, 0.3) is 0 Å². The fourth-order valence-electron chi connectivity index (χ4n) is 1.62. The number of alkyl halides is 3. The Hall–Kier alpha value is -1.66. The molecule has 0 atom stereocenters. The summed E-state index contributed by atoms with van der Waals surface area (Å²) in [6, 6.07) is 11.3. The molecule has 2 nitrogen and oxygen atoms in total. The summed E-state index contributed by atoms with van der Waals surface area (Å²) in [6.07, 6.45) is -4.38. The molecule has 0 saturated carbocycles. The van der Waals surface area contributed by atoms with E-state index in [0.29, 0.717) is 10.7 Å². The van der Waals surface area contributed by atoms with E-state index in [-0.39, 0.29) is 11.7 Å². The second-order valence-corrected chi connectivity index (χ2v) is 5.85. The number of carbonyl (C=O) groups is 1. The number of rotatable bonds is 4. The molecule has 1 amide bonds. The minimum atomic E-state index is -4.38. The van der Waals surface area contributed by atoms with E-state index in [1.54, 1.807) is 24.3 Å². The second kappa shape index (κ2) is 7.07. The predicted octanol–water partition coefficient (Wildman–Crippen LogP) is 5.09. The van der Waals surface area contributed by atoms with E-state index < -0.39 is 11.7 Å². The van der Waals surface area contributed by atoms with Gasteiger partial charge in [0, 0.05) is 15.6 Å². The summed E-state index contributed by atoms with van der Waals surface area (Å²) in [5.74, 6) is -0.137. The molecule has 0 heterocycles. The molecule has 7 heteroatoms. The lowest BCUT2D eigenvalue weighted by atomic mass is 10.2. The van der Waals surface area contributed by atoms with Crippen LogP contribution in [0.2, 0.25) is 5.02 Å². The Morgan fingerprint density at radius 1 is 1.05 bits per heavy atom. The van der Waals surface area contributed by atoms with Gasteiger partial charge in [-0.15, -0.1) is 11.8 Å². The first-order valence-corrected chi connectivity index (χ1v) is 7.56. The van der Waals surface area contributed by atoms with Gasteiger partial charge in [-0.25, -0.2) is 0 Å². The molecule has 0 aliphatic rings. The van der Waals surface area contributed by atoms with Crippen LogP contribution in [-0.4, -0.2) is 11.7 Å². The zero-order valence-corrected chi connectivity index (χ0v) is 12.7. The molecule has 22 heavy (non-hydrogen) atoms. The molecule has 2 rings (SSSR count). The smallest absolute Gasteiger partial charge is 0.325 e. The molecular weight excluding hydrogens is 335 g/mol. The average Bonchev–Trinajstić information content (AvgIpc) is 2.46. The van der Waals surface area contributed by atoms with Crippen LogP contribution in [0.5, 0.6) is 0 Å². The second-order valence-electron chi connectivity index (χ2n) is 4.37. The Labute approximate surface area is 134 Å². The zero-order chi connectivity index (χ0) is 16.2. The van der Waals surface area contributed by atoms with Crippen molar-refractivity contribution in [3.05, 3.63) is 59.1 Å². The summed E-state index contributed by atoms with van der Waals surface area (Å²) in [5.41, 5.74) is -0.421. The minimum Gasteiger partial charge on any atom is -0.325 e. The highest BCUT2D eigenvalue weighted by molar-refractivity contribution is 8.00. The molecule has 1 N–H and O–H groups in total. The van der Waals surface area contributed by atoms with Gasteiger partial charge in [-0.1, -0.05) is 11.6 Å². The number of benzene rings is 2. The third kappa shape index (κ3) is 4.96. The predicted molar refractivity (Wildman–Crippen MR) is 82.2 cm³/mol. The molecule has 0 unspecified atom stereocenters.